The van der Waals surface area contributed by atoms with Gasteiger partial charge in [-0.25, -0.2) is 0 Å². The van der Waals surface area contributed by atoms with Crippen LogP contribution < -0.4 is 0 Å². The third-order valence-corrected chi connectivity index (χ3v) is 2.19. The molecule has 0 radical (unpaired) electrons. The summed E-state index contributed by atoms with van der Waals surface area (Å²) in [7, 11) is 0. The second-order valence-electron chi connectivity index (χ2n) is 3.20. The fourth-order valence-electron chi connectivity index (χ4n) is 1.45. The highest BCUT2D eigenvalue weighted by molar-refractivity contribution is 5.78. The minimum Gasteiger partial charge on any atom is -0.347 e. The number of hydrogen-bond acceptors (Lipinski definition) is 2. The Morgan fingerprint density at radius 3 is 2.53 bits per heavy atom. The molecule has 0 N–H and O–H groups in total. The topological polar surface area (TPSA) is 18.5 Å². The first-order valence-electron chi connectivity index (χ1n) is 4.87. The molecule has 2 nitrogen and oxygen atoms in total. The summed E-state index contributed by atoms with van der Waals surface area (Å²) in [5, 5.41) is 0. The van der Waals surface area contributed by atoms with E-state index in [9.17, 15) is 0 Å². The minimum absolute atomic E-state index is 0.295. The fourth-order valence-corrected chi connectivity index (χ4v) is 1.45. The molecule has 1 aliphatic rings. The molecule has 1 heterocycles. The van der Waals surface area contributed by atoms with Gasteiger partial charge in [-0.3, -0.25) is 0 Å². The zero-order valence-electron chi connectivity index (χ0n) is 8.35. The molecule has 1 aliphatic heterocycles. The van der Waals surface area contributed by atoms with Crippen LogP contribution >= 0.6 is 0 Å². The van der Waals surface area contributed by atoms with Crippen molar-refractivity contribution in [3.63, 3.8) is 0 Å². The Labute approximate surface area is 89.5 Å². The molecule has 1 aromatic rings. The third kappa shape index (κ3) is 2.47. The van der Waals surface area contributed by atoms with E-state index in [1.165, 1.54) is 0 Å². The summed E-state index contributed by atoms with van der Waals surface area (Å²) >= 11 is 0. The van der Waals surface area contributed by atoms with E-state index in [4.69, 9.17) is 15.9 Å². The second-order valence-corrected chi connectivity index (χ2v) is 3.20. The fraction of sp³-hybridized carbons (Fsp3) is 0.231. The number of ether oxygens (including phenoxy) is 2. The number of rotatable bonds is 2. The highest BCUT2D eigenvalue weighted by Crippen LogP contribution is 2.16. The molecule has 1 aromatic carbocycles. The van der Waals surface area contributed by atoms with Crippen LogP contribution in [0.3, 0.4) is 0 Å². The second kappa shape index (κ2) is 4.79. The van der Waals surface area contributed by atoms with E-state index in [2.05, 4.69) is 5.92 Å². The highest BCUT2D eigenvalue weighted by Gasteiger charge is 2.13. The zero-order valence-corrected chi connectivity index (χ0v) is 8.35. The molecule has 2 rings (SSSR count). The summed E-state index contributed by atoms with van der Waals surface area (Å²) in [6.45, 7) is 1.27. The van der Waals surface area contributed by atoms with Gasteiger partial charge in [0.25, 0.3) is 0 Å². The van der Waals surface area contributed by atoms with Crippen LogP contribution in [0.25, 0.3) is 5.57 Å². The van der Waals surface area contributed by atoms with Gasteiger partial charge in [0.2, 0.25) is 0 Å². The van der Waals surface area contributed by atoms with E-state index < -0.39 is 0 Å². The molecule has 0 aromatic heterocycles. The Kier molecular flexibility index (Phi) is 3.18. The molecule has 2 heteroatoms. The molecule has 0 bridgehead atoms. The maximum Gasteiger partial charge on any atom is 0.178 e. The van der Waals surface area contributed by atoms with Crippen molar-refractivity contribution in [2.24, 2.45) is 0 Å². The van der Waals surface area contributed by atoms with E-state index in [0.29, 0.717) is 13.2 Å². The van der Waals surface area contributed by atoms with Crippen molar-refractivity contribution in [1.29, 1.82) is 0 Å². The van der Waals surface area contributed by atoms with Gasteiger partial charge in [0.05, 0.1) is 13.2 Å². The van der Waals surface area contributed by atoms with Crippen molar-refractivity contribution in [3.05, 3.63) is 42.0 Å². The van der Waals surface area contributed by atoms with Crippen LogP contribution in [0.2, 0.25) is 0 Å². The first-order valence-corrected chi connectivity index (χ1v) is 4.87. The van der Waals surface area contributed by atoms with Crippen LogP contribution in [-0.2, 0) is 9.47 Å². The first kappa shape index (κ1) is 9.97. The Bertz CT molecular complexity index is 381. The SMILES string of the molecule is C#C/C(=C\C1OCCO1)c1ccccc1. The van der Waals surface area contributed by atoms with E-state index in [0.717, 1.165) is 11.1 Å². The molecule has 0 atom stereocenters. The van der Waals surface area contributed by atoms with Gasteiger partial charge in [-0.15, -0.1) is 6.42 Å². The van der Waals surface area contributed by atoms with Gasteiger partial charge in [-0.2, -0.15) is 0 Å². The summed E-state index contributed by atoms with van der Waals surface area (Å²) in [5.41, 5.74) is 1.82. The van der Waals surface area contributed by atoms with Gasteiger partial charge in [-0.1, -0.05) is 36.3 Å². The van der Waals surface area contributed by atoms with Crippen molar-refractivity contribution in [2.75, 3.05) is 13.2 Å². The lowest BCUT2D eigenvalue weighted by Crippen LogP contribution is -2.03. The summed E-state index contributed by atoms with van der Waals surface area (Å²) in [6.07, 6.45) is 6.99. The third-order valence-electron chi connectivity index (χ3n) is 2.19. The molecule has 0 saturated carbocycles. The predicted octanol–water partition coefficient (Wildman–Crippen LogP) is 2.08. The van der Waals surface area contributed by atoms with Gasteiger partial charge >= 0.3 is 0 Å². The van der Waals surface area contributed by atoms with Crippen LogP contribution in [0.5, 0.6) is 0 Å². The number of allylic oxidation sites excluding steroid dienone is 1. The Balaban J connectivity index is 2.21. The molecule has 0 unspecified atom stereocenters. The highest BCUT2D eigenvalue weighted by atomic mass is 16.7. The van der Waals surface area contributed by atoms with E-state index in [-0.39, 0.29) is 6.29 Å². The molecule has 0 aliphatic carbocycles. The Hall–Kier alpha value is -1.56. The molecule has 0 spiro atoms. The summed E-state index contributed by atoms with van der Waals surface area (Å²) in [5.74, 6) is 2.65. The summed E-state index contributed by atoms with van der Waals surface area (Å²) in [6, 6.07) is 9.81. The van der Waals surface area contributed by atoms with Crippen LogP contribution in [0, 0.1) is 12.3 Å². The van der Waals surface area contributed by atoms with E-state index in [1.54, 1.807) is 0 Å². The number of benzene rings is 1. The van der Waals surface area contributed by atoms with Crippen LogP contribution in [0.15, 0.2) is 36.4 Å². The van der Waals surface area contributed by atoms with Gasteiger partial charge in [0, 0.05) is 5.57 Å². The Morgan fingerprint density at radius 2 is 1.93 bits per heavy atom. The van der Waals surface area contributed by atoms with Crippen molar-refractivity contribution in [3.8, 4) is 12.3 Å². The lowest BCUT2D eigenvalue weighted by molar-refractivity contribution is -0.00108. The monoisotopic (exact) mass is 200 g/mol. The quantitative estimate of drug-likeness (QED) is 0.680. The van der Waals surface area contributed by atoms with Crippen molar-refractivity contribution >= 4 is 5.57 Å². The first-order chi connectivity index (χ1) is 7.40. The van der Waals surface area contributed by atoms with Crippen LogP contribution in [-0.4, -0.2) is 19.5 Å². The smallest absolute Gasteiger partial charge is 0.178 e. The maximum absolute atomic E-state index is 5.45. The lowest BCUT2D eigenvalue weighted by atomic mass is 10.1. The zero-order chi connectivity index (χ0) is 10.5. The number of terminal acetylenes is 1. The van der Waals surface area contributed by atoms with Crippen molar-refractivity contribution < 1.29 is 9.47 Å². The van der Waals surface area contributed by atoms with Gasteiger partial charge < -0.3 is 9.47 Å². The van der Waals surface area contributed by atoms with E-state index in [1.807, 2.05) is 36.4 Å². The average molecular weight is 200 g/mol. The summed E-state index contributed by atoms with van der Waals surface area (Å²) in [4.78, 5) is 0. The molecule has 1 saturated heterocycles. The normalized spacial score (nSPS) is 17.7. The molecule has 1 fully saturated rings. The molecule has 76 valence electrons. The standard InChI is InChI=1S/C13H12O2/c1-2-11(10-13-14-8-9-15-13)12-6-4-3-5-7-12/h1,3-7,10,13H,8-9H2/b11-10+. The molecule has 0 amide bonds. The van der Waals surface area contributed by atoms with Crippen molar-refractivity contribution in [1.82, 2.24) is 0 Å². The maximum atomic E-state index is 5.45. The van der Waals surface area contributed by atoms with Gasteiger partial charge in [0.15, 0.2) is 6.29 Å². The van der Waals surface area contributed by atoms with E-state index >= 15 is 0 Å². The average Bonchev–Trinajstić information content (AvgIpc) is 2.80. The number of hydrogen-bond donors (Lipinski definition) is 0. The minimum atomic E-state index is -0.295. The predicted molar refractivity (Wildman–Crippen MR) is 58.9 cm³/mol. The molecular formula is C13H12O2. The van der Waals surface area contributed by atoms with Gasteiger partial charge in [0.1, 0.15) is 0 Å². The van der Waals surface area contributed by atoms with Crippen LogP contribution in [0.1, 0.15) is 5.56 Å². The van der Waals surface area contributed by atoms with Gasteiger partial charge in [-0.05, 0) is 11.6 Å². The van der Waals surface area contributed by atoms with Crippen LogP contribution in [0.4, 0.5) is 0 Å². The largest absolute Gasteiger partial charge is 0.347 e. The Morgan fingerprint density at radius 1 is 1.27 bits per heavy atom. The molecule has 15 heavy (non-hydrogen) atoms. The van der Waals surface area contributed by atoms with Crippen molar-refractivity contribution in [2.45, 2.75) is 6.29 Å². The molecular weight excluding hydrogens is 188 g/mol. The summed E-state index contributed by atoms with van der Waals surface area (Å²) < 4.78 is 10.6. The lowest BCUT2D eigenvalue weighted by Gasteiger charge is -2.05.